The van der Waals surface area contributed by atoms with Crippen molar-refractivity contribution >= 4 is 35.5 Å². The fraction of sp³-hybridized carbons (Fsp3) is 0.510. The van der Waals surface area contributed by atoms with Crippen molar-refractivity contribution in [1.82, 2.24) is 25.6 Å². The molecule has 424 valence electrons. The van der Waals surface area contributed by atoms with Crippen LogP contribution in [0.2, 0.25) is 0 Å². The van der Waals surface area contributed by atoms with Crippen LogP contribution in [0.25, 0.3) is 11.1 Å². The Morgan fingerprint density at radius 2 is 1.32 bits per heavy atom. The minimum Gasteiger partial charge on any atom is -0.478 e. The molecule has 1 aliphatic heterocycles. The summed E-state index contributed by atoms with van der Waals surface area (Å²) >= 11 is 0.756. The predicted molar refractivity (Wildman–Crippen MR) is 258 cm³/mol. The van der Waals surface area contributed by atoms with Crippen molar-refractivity contribution in [2.24, 2.45) is 0 Å². The van der Waals surface area contributed by atoms with Crippen molar-refractivity contribution in [2.75, 3.05) is 91.6 Å². The lowest BCUT2D eigenvalue weighted by Crippen LogP contribution is -2.67. The van der Waals surface area contributed by atoms with Crippen molar-refractivity contribution in [2.45, 2.75) is 67.8 Å². The van der Waals surface area contributed by atoms with Crippen LogP contribution in [0.4, 0.5) is 22.0 Å². The number of hydrogen-bond acceptors (Lipinski definition) is 19. The maximum absolute atomic E-state index is 13.6. The highest BCUT2D eigenvalue weighted by molar-refractivity contribution is 8.01. The molecule has 2 amide bonds. The van der Waals surface area contributed by atoms with E-state index < -0.39 is 120 Å². The van der Waals surface area contributed by atoms with Crippen molar-refractivity contribution in [3.63, 3.8) is 0 Å². The predicted octanol–water partition coefficient (Wildman–Crippen LogP) is 1.46. The van der Waals surface area contributed by atoms with Gasteiger partial charge in [-0.3, -0.25) is 14.4 Å². The number of carboxylic acids is 1. The van der Waals surface area contributed by atoms with E-state index in [1.165, 1.54) is 0 Å². The second-order valence-electron chi connectivity index (χ2n) is 16.8. The van der Waals surface area contributed by atoms with Gasteiger partial charge in [-0.25, -0.2) is 22.6 Å². The highest BCUT2D eigenvalue weighted by Crippen LogP contribution is 2.40. The first kappa shape index (κ1) is 62.1. The Kier molecular flexibility index (Phi) is 26.0. The van der Waals surface area contributed by atoms with Crippen LogP contribution in [-0.2, 0) is 71.9 Å². The van der Waals surface area contributed by atoms with E-state index in [4.69, 9.17) is 33.2 Å². The van der Waals surface area contributed by atoms with Gasteiger partial charge < -0.3 is 74.1 Å². The van der Waals surface area contributed by atoms with Gasteiger partial charge in [0, 0.05) is 18.7 Å². The minimum atomic E-state index is -2.38. The number of hydrogen-bond donors (Lipinski definition) is 7. The van der Waals surface area contributed by atoms with Crippen LogP contribution < -0.4 is 15.4 Å². The Labute approximate surface area is 442 Å². The molecule has 0 saturated carbocycles. The van der Waals surface area contributed by atoms with Gasteiger partial charge in [-0.15, -0.1) is 16.9 Å². The fourth-order valence-electron chi connectivity index (χ4n) is 7.29. The first-order valence-corrected chi connectivity index (χ1v) is 25.0. The average Bonchev–Trinajstić information content (AvgIpc) is 3.90. The molecule has 0 bridgehead atoms. The molecule has 0 aliphatic carbocycles. The molecule has 28 heteroatoms. The summed E-state index contributed by atoms with van der Waals surface area (Å²) in [4.78, 5) is 47.3. The lowest BCUT2D eigenvalue weighted by atomic mass is 9.89. The van der Waals surface area contributed by atoms with Crippen LogP contribution in [0.5, 0.6) is 5.75 Å². The zero-order valence-electron chi connectivity index (χ0n) is 41.4. The second-order valence-corrected chi connectivity index (χ2v) is 18.2. The van der Waals surface area contributed by atoms with Crippen LogP contribution in [0.3, 0.4) is 0 Å². The van der Waals surface area contributed by atoms with E-state index in [2.05, 4.69) is 25.7 Å². The van der Waals surface area contributed by atoms with Gasteiger partial charge in [-0.05, 0) is 16.7 Å². The van der Waals surface area contributed by atoms with Crippen molar-refractivity contribution in [3.8, 4) is 16.9 Å². The van der Waals surface area contributed by atoms with E-state index in [-0.39, 0.29) is 84.8 Å². The third-order valence-electron chi connectivity index (χ3n) is 11.2. The van der Waals surface area contributed by atoms with Crippen LogP contribution in [0.15, 0.2) is 60.8 Å². The Morgan fingerprint density at radius 1 is 0.753 bits per heavy atom. The lowest BCUT2D eigenvalue weighted by Gasteiger charge is -2.46. The summed E-state index contributed by atoms with van der Waals surface area (Å²) in [5.74, 6) is -17.3. The zero-order valence-corrected chi connectivity index (χ0v) is 42.2. The Hall–Kier alpha value is -5.76. The number of aromatic nitrogens is 3. The van der Waals surface area contributed by atoms with E-state index in [1.54, 1.807) is 23.0 Å². The van der Waals surface area contributed by atoms with E-state index >= 15 is 0 Å². The SMILES string of the molecule is O=C(Cc1ccc(-c2ccccc2)cc1)NC[C@@H](O)[C@@H](O)[C@@H]1O[C@@](SCCOCCOCc2cn(CCOCCOCCOCCOCCC(=O)Oc3c(F)c(F)c(F)c(F)c3F)nn2)(C(=O)O)C[C@H](O)[C@H]1NC(=O)CO. The summed E-state index contributed by atoms with van der Waals surface area (Å²) in [6.45, 7) is 0.388. The smallest absolute Gasteiger partial charge is 0.346 e. The molecule has 1 fully saturated rings. The number of rotatable bonds is 35. The number of thioether (sulfide) groups is 1. The van der Waals surface area contributed by atoms with Gasteiger partial charge in [0.15, 0.2) is 0 Å². The number of benzene rings is 3. The number of nitrogens with zero attached hydrogens (tertiary/aromatic N) is 3. The maximum Gasteiger partial charge on any atom is 0.346 e. The Bertz CT molecular complexity index is 2460. The maximum atomic E-state index is 13.6. The molecule has 1 aliphatic rings. The molecule has 2 heterocycles. The number of aliphatic carboxylic acids is 1. The molecule has 1 aromatic heterocycles. The number of nitrogens with one attached hydrogen (secondary N) is 2. The van der Waals surface area contributed by atoms with Gasteiger partial charge in [-0.2, -0.15) is 8.78 Å². The molecule has 0 unspecified atom stereocenters. The molecule has 0 radical (unpaired) electrons. The number of esters is 1. The van der Waals surface area contributed by atoms with Crippen LogP contribution in [0, 0.1) is 29.1 Å². The summed E-state index contributed by atoms with van der Waals surface area (Å²) in [6, 6.07) is 15.5. The molecule has 0 spiro atoms. The molecule has 3 aromatic carbocycles. The normalized spacial score (nSPS) is 18.2. The van der Waals surface area contributed by atoms with E-state index in [1.807, 2.05) is 42.5 Å². The summed E-state index contributed by atoms with van der Waals surface area (Å²) in [7, 11) is 0. The molecule has 22 nitrogen and oxygen atoms in total. The quantitative estimate of drug-likeness (QED) is 0.00857. The summed E-state index contributed by atoms with van der Waals surface area (Å²) in [5.41, 5.74) is 3.17. The molecule has 77 heavy (non-hydrogen) atoms. The largest absolute Gasteiger partial charge is 0.478 e. The van der Waals surface area contributed by atoms with Gasteiger partial charge in [0.2, 0.25) is 51.6 Å². The van der Waals surface area contributed by atoms with Crippen LogP contribution >= 0.6 is 11.8 Å². The molecule has 7 N–H and O–H groups in total. The molecular formula is C49H60F5N5O17S. The third kappa shape index (κ3) is 19.6. The standard InChI is InChI=1S/C49H60F5N5O17S/c50-39-40(51)42(53)46(43(54)41(39)52)75-38(65)10-12-69-14-16-71-18-19-72-17-15-70-13-11-59-27-33(57-58-59)29-74-21-20-73-22-23-77-49(48(67)68)25-34(61)44(56-37(64)28-60)47(76-49)45(66)35(62)26-55-36(63)24-30-6-8-32(9-7-30)31-4-2-1-3-5-31/h1-9,27,34-35,44-45,47,60-62,66H,10-26,28-29H2,(H,55,63)(H,56,64)(H,67,68)/t34-,35+,44+,45+,47+,49-/m0/s1. The average molecular weight is 1120 g/mol. The van der Waals surface area contributed by atoms with E-state index in [0.717, 1.165) is 22.9 Å². The molecule has 4 aromatic rings. The monoisotopic (exact) mass is 1120 g/mol. The Balaban J connectivity index is 0.899. The summed E-state index contributed by atoms with van der Waals surface area (Å²) < 4.78 is 111. The van der Waals surface area contributed by atoms with Crippen LogP contribution in [-0.4, -0.2) is 191 Å². The summed E-state index contributed by atoms with van der Waals surface area (Å²) in [5, 5.41) is 66.0. The number of carbonyl (C=O) groups excluding carboxylic acids is 3. The Morgan fingerprint density at radius 3 is 1.95 bits per heavy atom. The number of halogens is 5. The molecule has 1 saturated heterocycles. The minimum absolute atomic E-state index is 0.0111. The van der Waals surface area contributed by atoms with Gasteiger partial charge in [0.05, 0.1) is 123 Å². The van der Waals surface area contributed by atoms with Crippen molar-refractivity contribution in [1.29, 1.82) is 0 Å². The lowest BCUT2D eigenvalue weighted by molar-refractivity contribution is -0.203. The second kappa shape index (κ2) is 32.2. The highest BCUT2D eigenvalue weighted by Gasteiger charge is 2.55. The zero-order chi connectivity index (χ0) is 55.7. The number of aliphatic hydroxyl groups excluding tert-OH is 4. The van der Waals surface area contributed by atoms with Gasteiger partial charge in [0.25, 0.3) is 0 Å². The third-order valence-corrected chi connectivity index (χ3v) is 12.5. The van der Waals surface area contributed by atoms with Crippen molar-refractivity contribution in [3.05, 3.63) is 101 Å². The molecule has 6 atom stereocenters. The van der Waals surface area contributed by atoms with E-state index in [9.17, 15) is 66.7 Å². The first-order valence-electron chi connectivity index (χ1n) is 24.0. The number of carbonyl (C=O) groups is 4. The summed E-state index contributed by atoms with van der Waals surface area (Å²) in [6.07, 6.45) is -6.47. The van der Waals surface area contributed by atoms with Crippen molar-refractivity contribution < 1.29 is 105 Å². The molecule has 5 rings (SSSR count). The number of aliphatic hydroxyl groups is 4. The van der Waals surface area contributed by atoms with Gasteiger partial charge in [-0.1, -0.05) is 59.8 Å². The van der Waals surface area contributed by atoms with Gasteiger partial charge >= 0.3 is 11.9 Å². The highest BCUT2D eigenvalue weighted by atomic mass is 32.2. The number of carboxylic acid groups (broad SMARTS) is 1. The number of ether oxygens (including phenoxy) is 8. The fourth-order valence-corrected chi connectivity index (χ4v) is 8.41. The molecular weight excluding hydrogens is 1060 g/mol. The number of amides is 2. The van der Waals surface area contributed by atoms with E-state index in [0.29, 0.717) is 24.4 Å². The van der Waals surface area contributed by atoms with Gasteiger partial charge in [0.1, 0.15) is 24.5 Å². The van der Waals surface area contributed by atoms with Crippen LogP contribution in [0.1, 0.15) is 24.1 Å². The topological polar surface area (TPSA) is 298 Å². The first-order chi connectivity index (χ1) is 37.0.